The zero-order valence-electron chi connectivity index (χ0n) is 7.66. The molecular formula is C9H14N2O2. The molecule has 0 saturated carbocycles. The van der Waals surface area contributed by atoms with E-state index in [1.54, 1.807) is 19.5 Å². The molecular weight excluding hydrogens is 168 g/mol. The Balaban J connectivity index is 2.54. The van der Waals surface area contributed by atoms with Crippen LogP contribution in [0.2, 0.25) is 0 Å². The molecule has 4 nitrogen and oxygen atoms in total. The number of aliphatic hydroxyl groups is 1. The highest BCUT2D eigenvalue weighted by molar-refractivity contribution is 5.29. The molecule has 0 radical (unpaired) electrons. The zero-order chi connectivity index (χ0) is 9.52. The zero-order valence-corrected chi connectivity index (χ0v) is 7.66. The molecule has 1 rings (SSSR count). The molecule has 1 aromatic heterocycles. The predicted octanol–water partition coefficient (Wildman–Crippen LogP) is 0.172. The maximum Gasteiger partial charge on any atom is 0.141 e. The topological polar surface area (TPSA) is 54.4 Å². The highest BCUT2D eigenvalue weighted by atomic mass is 16.5. The smallest absolute Gasteiger partial charge is 0.141 e. The minimum Gasteiger partial charge on any atom is -0.495 e. The van der Waals surface area contributed by atoms with Gasteiger partial charge in [-0.05, 0) is 6.07 Å². The minimum atomic E-state index is 0.146. The Morgan fingerprint density at radius 2 is 2.46 bits per heavy atom. The first-order valence-corrected chi connectivity index (χ1v) is 4.17. The van der Waals surface area contributed by atoms with Crippen LogP contribution < -0.4 is 10.1 Å². The van der Waals surface area contributed by atoms with Gasteiger partial charge in [-0.15, -0.1) is 0 Å². The molecule has 0 saturated heterocycles. The van der Waals surface area contributed by atoms with Crippen molar-refractivity contribution in [1.82, 2.24) is 10.3 Å². The van der Waals surface area contributed by atoms with Crippen LogP contribution in [0.4, 0.5) is 0 Å². The maximum absolute atomic E-state index is 8.56. The molecule has 2 N–H and O–H groups in total. The van der Waals surface area contributed by atoms with E-state index in [2.05, 4.69) is 10.3 Å². The molecule has 0 aromatic carbocycles. The average Bonchev–Trinajstić information content (AvgIpc) is 2.19. The largest absolute Gasteiger partial charge is 0.495 e. The standard InChI is InChI=1S/C9H14N2O2/c1-13-9-7-10-3-2-8(9)6-11-4-5-12/h2-3,7,11-12H,4-6H2,1H3. The number of hydrogen-bond acceptors (Lipinski definition) is 4. The summed E-state index contributed by atoms with van der Waals surface area (Å²) in [5.41, 5.74) is 1.05. The van der Waals surface area contributed by atoms with Gasteiger partial charge in [-0.3, -0.25) is 4.98 Å². The molecule has 0 bridgehead atoms. The van der Waals surface area contributed by atoms with Crippen molar-refractivity contribution in [3.8, 4) is 5.75 Å². The number of nitrogens with zero attached hydrogens (tertiary/aromatic N) is 1. The van der Waals surface area contributed by atoms with Gasteiger partial charge in [0, 0.05) is 24.8 Å². The average molecular weight is 182 g/mol. The van der Waals surface area contributed by atoms with E-state index < -0.39 is 0 Å². The molecule has 0 aliphatic carbocycles. The van der Waals surface area contributed by atoms with Crippen molar-refractivity contribution < 1.29 is 9.84 Å². The van der Waals surface area contributed by atoms with E-state index in [0.717, 1.165) is 11.3 Å². The fourth-order valence-electron chi connectivity index (χ4n) is 1.04. The summed E-state index contributed by atoms with van der Waals surface area (Å²) in [6, 6.07) is 1.89. The molecule has 0 fully saturated rings. The first-order chi connectivity index (χ1) is 6.38. The fraction of sp³-hybridized carbons (Fsp3) is 0.444. The summed E-state index contributed by atoms with van der Waals surface area (Å²) in [5, 5.41) is 11.6. The van der Waals surface area contributed by atoms with Crippen molar-refractivity contribution >= 4 is 0 Å². The molecule has 0 spiro atoms. The predicted molar refractivity (Wildman–Crippen MR) is 49.6 cm³/mol. The molecule has 1 heterocycles. The molecule has 0 unspecified atom stereocenters. The third kappa shape index (κ3) is 3.01. The van der Waals surface area contributed by atoms with Gasteiger partial charge in [0.2, 0.25) is 0 Å². The van der Waals surface area contributed by atoms with E-state index in [4.69, 9.17) is 9.84 Å². The van der Waals surface area contributed by atoms with Gasteiger partial charge >= 0.3 is 0 Å². The summed E-state index contributed by atoms with van der Waals surface area (Å²) in [6.07, 6.45) is 3.40. The Hall–Kier alpha value is -1.13. The molecule has 72 valence electrons. The summed E-state index contributed by atoms with van der Waals surface area (Å²) in [7, 11) is 1.62. The van der Waals surface area contributed by atoms with E-state index in [-0.39, 0.29) is 6.61 Å². The Kier molecular flexibility index (Phi) is 4.21. The van der Waals surface area contributed by atoms with Crippen LogP contribution in [-0.4, -0.2) is 30.4 Å². The fourth-order valence-corrected chi connectivity index (χ4v) is 1.04. The quantitative estimate of drug-likeness (QED) is 0.637. The Bertz CT molecular complexity index is 253. The van der Waals surface area contributed by atoms with Crippen LogP contribution in [0.25, 0.3) is 0 Å². The van der Waals surface area contributed by atoms with Crippen molar-refractivity contribution in [2.24, 2.45) is 0 Å². The van der Waals surface area contributed by atoms with Crippen LogP contribution in [0.15, 0.2) is 18.5 Å². The van der Waals surface area contributed by atoms with Crippen LogP contribution in [0.5, 0.6) is 5.75 Å². The first-order valence-electron chi connectivity index (χ1n) is 4.17. The second kappa shape index (κ2) is 5.50. The minimum absolute atomic E-state index is 0.146. The summed E-state index contributed by atoms with van der Waals surface area (Å²) in [4.78, 5) is 3.94. The van der Waals surface area contributed by atoms with Crippen LogP contribution in [-0.2, 0) is 6.54 Å². The van der Waals surface area contributed by atoms with Gasteiger partial charge < -0.3 is 15.2 Å². The number of aromatic nitrogens is 1. The lowest BCUT2D eigenvalue weighted by Gasteiger charge is -2.07. The van der Waals surface area contributed by atoms with E-state index in [1.165, 1.54) is 0 Å². The summed E-state index contributed by atoms with van der Waals surface area (Å²) in [5.74, 6) is 0.771. The van der Waals surface area contributed by atoms with E-state index in [1.807, 2.05) is 6.07 Å². The third-order valence-electron chi connectivity index (χ3n) is 1.69. The van der Waals surface area contributed by atoms with Crippen LogP contribution in [0, 0.1) is 0 Å². The van der Waals surface area contributed by atoms with E-state index in [9.17, 15) is 0 Å². The van der Waals surface area contributed by atoms with E-state index in [0.29, 0.717) is 13.1 Å². The van der Waals surface area contributed by atoms with Crippen molar-refractivity contribution in [3.05, 3.63) is 24.0 Å². The van der Waals surface area contributed by atoms with Gasteiger partial charge in [0.15, 0.2) is 0 Å². The SMILES string of the molecule is COc1cnccc1CNCCO. The molecule has 13 heavy (non-hydrogen) atoms. The monoisotopic (exact) mass is 182 g/mol. The lowest BCUT2D eigenvalue weighted by Crippen LogP contribution is -2.17. The third-order valence-corrected chi connectivity index (χ3v) is 1.69. The van der Waals surface area contributed by atoms with Crippen LogP contribution >= 0.6 is 0 Å². The summed E-state index contributed by atoms with van der Waals surface area (Å²) >= 11 is 0. The molecule has 1 aromatic rings. The highest BCUT2D eigenvalue weighted by Gasteiger charge is 2.00. The van der Waals surface area contributed by atoms with Gasteiger partial charge in [-0.25, -0.2) is 0 Å². The van der Waals surface area contributed by atoms with Gasteiger partial charge in [0.1, 0.15) is 5.75 Å². The molecule has 0 atom stereocenters. The lowest BCUT2D eigenvalue weighted by molar-refractivity contribution is 0.291. The number of aliphatic hydroxyl groups excluding tert-OH is 1. The second-order valence-electron chi connectivity index (χ2n) is 2.59. The van der Waals surface area contributed by atoms with Crippen LogP contribution in [0.3, 0.4) is 0 Å². The highest BCUT2D eigenvalue weighted by Crippen LogP contribution is 2.14. The molecule has 0 amide bonds. The van der Waals surface area contributed by atoms with Crippen molar-refractivity contribution in [2.45, 2.75) is 6.54 Å². The number of nitrogens with one attached hydrogen (secondary N) is 1. The van der Waals surface area contributed by atoms with Gasteiger partial charge in [-0.1, -0.05) is 0 Å². The first kappa shape index (κ1) is 9.95. The molecule has 0 aliphatic rings. The van der Waals surface area contributed by atoms with Gasteiger partial charge in [0.25, 0.3) is 0 Å². The number of pyridine rings is 1. The summed E-state index contributed by atoms with van der Waals surface area (Å²) in [6.45, 7) is 1.42. The molecule has 0 aliphatic heterocycles. The number of methoxy groups -OCH3 is 1. The normalized spacial score (nSPS) is 10.0. The second-order valence-corrected chi connectivity index (χ2v) is 2.59. The summed E-state index contributed by atoms with van der Waals surface area (Å²) < 4.78 is 5.11. The van der Waals surface area contributed by atoms with Gasteiger partial charge in [-0.2, -0.15) is 0 Å². The van der Waals surface area contributed by atoms with E-state index >= 15 is 0 Å². The number of ether oxygens (including phenoxy) is 1. The molecule has 4 heteroatoms. The Labute approximate surface area is 77.6 Å². The number of rotatable bonds is 5. The van der Waals surface area contributed by atoms with Crippen molar-refractivity contribution in [2.75, 3.05) is 20.3 Å². The lowest BCUT2D eigenvalue weighted by atomic mass is 10.2. The van der Waals surface area contributed by atoms with Crippen molar-refractivity contribution in [1.29, 1.82) is 0 Å². The maximum atomic E-state index is 8.56. The van der Waals surface area contributed by atoms with Crippen LogP contribution in [0.1, 0.15) is 5.56 Å². The van der Waals surface area contributed by atoms with Crippen molar-refractivity contribution in [3.63, 3.8) is 0 Å². The number of hydrogen-bond donors (Lipinski definition) is 2. The Morgan fingerprint density at radius 3 is 3.15 bits per heavy atom. The van der Waals surface area contributed by atoms with Gasteiger partial charge in [0.05, 0.1) is 19.9 Å². The Morgan fingerprint density at radius 1 is 1.62 bits per heavy atom.